The molecule has 1 atom stereocenters. The molecule has 1 fully saturated rings. The molecule has 6 heteroatoms. The molecule has 0 radical (unpaired) electrons. The quantitative estimate of drug-likeness (QED) is 0.842. The van der Waals surface area contributed by atoms with Gasteiger partial charge in [0.1, 0.15) is 5.82 Å². The first kappa shape index (κ1) is 16.4. The SMILES string of the molecule is CCc1cc(C=O)c(=O)[nH]c1-c1ccc(N2CC[C@H](O)C2)cc1F. The van der Waals surface area contributed by atoms with Crippen LogP contribution < -0.4 is 10.5 Å². The predicted octanol–water partition coefficient (Wildman–Crippen LogP) is 2.13. The van der Waals surface area contributed by atoms with Crippen molar-refractivity contribution in [3.8, 4) is 11.3 Å². The number of anilines is 1. The first-order chi connectivity index (χ1) is 11.5. The molecule has 1 aromatic heterocycles. The monoisotopic (exact) mass is 330 g/mol. The van der Waals surface area contributed by atoms with Crippen molar-refractivity contribution < 1.29 is 14.3 Å². The summed E-state index contributed by atoms with van der Waals surface area (Å²) in [5.74, 6) is -0.446. The molecule has 0 unspecified atom stereocenters. The van der Waals surface area contributed by atoms with Crippen LogP contribution >= 0.6 is 0 Å². The lowest BCUT2D eigenvalue weighted by molar-refractivity contribution is 0.112. The normalized spacial score (nSPS) is 17.3. The van der Waals surface area contributed by atoms with Gasteiger partial charge >= 0.3 is 0 Å². The van der Waals surface area contributed by atoms with Crippen molar-refractivity contribution in [3.63, 3.8) is 0 Å². The molecule has 2 N–H and O–H groups in total. The third kappa shape index (κ3) is 2.97. The van der Waals surface area contributed by atoms with Crippen molar-refractivity contribution in [1.82, 2.24) is 4.98 Å². The smallest absolute Gasteiger partial charge is 0.259 e. The maximum atomic E-state index is 14.6. The fourth-order valence-electron chi connectivity index (χ4n) is 3.08. The minimum absolute atomic E-state index is 0.0404. The largest absolute Gasteiger partial charge is 0.391 e. The van der Waals surface area contributed by atoms with Crippen LogP contribution in [-0.4, -0.2) is 35.6 Å². The maximum Gasteiger partial charge on any atom is 0.259 e. The zero-order valence-corrected chi connectivity index (χ0v) is 13.4. The van der Waals surface area contributed by atoms with Gasteiger partial charge in [-0.3, -0.25) is 9.59 Å². The van der Waals surface area contributed by atoms with Gasteiger partial charge in [-0.1, -0.05) is 6.92 Å². The van der Waals surface area contributed by atoms with Crippen LogP contribution in [0.4, 0.5) is 10.1 Å². The van der Waals surface area contributed by atoms with Crippen LogP contribution in [0, 0.1) is 5.82 Å². The van der Waals surface area contributed by atoms with Crippen LogP contribution in [0.3, 0.4) is 0 Å². The first-order valence-electron chi connectivity index (χ1n) is 7.97. The van der Waals surface area contributed by atoms with Crippen molar-refractivity contribution in [2.75, 3.05) is 18.0 Å². The Morgan fingerprint density at radius 1 is 1.42 bits per heavy atom. The summed E-state index contributed by atoms with van der Waals surface area (Å²) in [7, 11) is 0. The molecule has 126 valence electrons. The highest BCUT2D eigenvalue weighted by Gasteiger charge is 2.22. The number of nitrogens with one attached hydrogen (secondary N) is 1. The van der Waals surface area contributed by atoms with E-state index in [9.17, 15) is 19.1 Å². The first-order valence-corrected chi connectivity index (χ1v) is 7.97. The van der Waals surface area contributed by atoms with Crippen LogP contribution in [0.25, 0.3) is 11.3 Å². The number of aldehydes is 1. The fraction of sp³-hybridized carbons (Fsp3) is 0.333. The Kier molecular flexibility index (Phi) is 4.49. The van der Waals surface area contributed by atoms with Crippen LogP contribution in [-0.2, 0) is 6.42 Å². The summed E-state index contributed by atoms with van der Waals surface area (Å²) in [6, 6.07) is 6.33. The highest BCUT2D eigenvalue weighted by atomic mass is 19.1. The molecule has 24 heavy (non-hydrogen) atoms. The maximum absolute atomic E-state index is 14.6. The Balaban J connectivity index is 2.02. The summed E-state index contributed by atoms with van der Waals surface area (Å²) in [5.41, 5.74) is 1.63. The topological polar surface area (TPSA) is 73.4 Å². The molecule has 2 aromatic rings. The lowest BCUT2D eigenvalue weighted by atomic mass is 10.0. The number of benzene rings is 1. The van der Waals surface area contributed by atoms with Crippen LogP contribution in [0.1, 0.15) is 29.3 Å². The average Bonchev–Trinajstić information content (AvgIpc) is 3.01. The van der Waals surface area contributed by atoms with Gasteiger partial charge in [0.05, 0.1) is 17.4 Å². The molecule has 0 bridgehead atoms. The number of halogens is 1. The molecule has 3 rings (SSSR count). The van der Waals surface area contributed by atoms with Crippen molar-refractivity contribution in [1.29, 1.82) is 0 Å². The van der Waals surface area contributed by atoms with Gasteiger partial charge in [-0.15, -0.1) is 0 Å². The Hall–Kier alpha value is -2.47. The second-order valence-corrected chi connectivity index (χ2v) is 5.98. The van der Waals surface area contributed by atoms with E-state index in [0.717, 1.165) is 0 Å². The van der Waals surface area contributed by atoms with E-state index in [0.29, 0.717) is 54.7 Å². The summed E-state index contributed by atoms with van der Waals surface area (Å²) in [6.45, 7) is 3.05. The van der Waals surface area contributed by atoms with E-state index in [1.54, 1.807) is 12.1 Å². The van der Waals surface area contributed by atoms with Gasteiger partial charge in [-0.2, -0.15) is 0 Å². The highest BCUT2D eigenvalue weighted by molar-refractivity contribution is 5.77. The zero-order chi connectivity index (χ0) is 17.3. The number of aryl methyl sites for hydroxylation is 1. The lowest BCUT2D eigenvalue weighted by Crippen LogP contribution is -2.21. The number of aromatic nitrogens is 1. The van der Waals surface area contributed by atoms with Crippen molar-refractivity contribution >= 4 is 12.0 Å². The molecule has 2 heterocycles. The molecule has 0 aliphatic carbocycles. The molecule has 5 nitrogen and oxygen atoms in total. The molecular weight excluding hydrogens is 311 g/mol. The second-order valence-electron chi connectivity index (χ2n) is 5.98. The highest BCUT2D eigenvalue weighted by Crippen LogP contribution is 2.29. The number of hydrogen-bond acceptors (Lipinski definition) is 4. The molecule has 1 aromatic carbocycles. The number of aliphatic hydroxyl groups excluding tert-OH is 1. The number of aromatic amines is 1. The summed E-state index contributed by atoms with van der Waals surface area (Å²) >= 11 is 0. The van der Waals surface area contributed by atoms with Gasteiger partial charge in [0.25, 0.3) is 5.56 Å². The van der Waals surface area contributed by atoms with E-state index in [4.69, 9.17) is 0 Å². The number of aliphatic hydroxyl groups is 1. The van der Waals surface area contributed by atoms with Gasteiger partial charge in [-0.05, 0) is 42.7 Å². The Labute approximate surface area is 138 Å². The van der Waals surface area contributed by atoms with Crippen LogP contribution in [0.2, 0.25) is 0 Å². The molecular formula is C18H19FN2O3. The minimum atomic E-state index is -0.525. The van der Waals surface area contributed by atoms with Crippen molar-refractivity contribution in [2.24, 2.45) is 0 Å². The summed E-state index contributed by atoms with van der Waals surface area (Å²) in [5, 5.41) is 9.61. The van der Waals surface area contributed by atoms with E-state index >= 15 is 0 Å². The molecule has 0 amide bonds. The minimum Gasteiger partial charge on any atom is -0.391 e. The molecule has 1 aliphatic heterocycles. The molecule has 1 saturated heterocycles. The van der Waals surface area contributed by atoms with E-state index < -0.39 is 11.4 Å². The van der Waals surface area contributed by atoms with Gasteiger partial charge in [0.15, 0.2) is 6.29 Å². The van der Waals surface area contributed by atoms with Crippen molar-refractivity contribution in [3.05, 3.63) is 51.6 Å². The fourth-order valence-corrected chi connectivity index (χ4v) is 3.08. The van der Waals surface area contributed by atoms with Crippen molar-refractivity contribution in [2.45, 2.75) is 25.9 Å². The number of hydrogen-bond donors (Lipinski definition) is 2. The standard InChI is InChI=1S/C18H19FN2O3/c1-2-11-7-12(10-22)18(24)20-17(11)15-4-3-13(8-16(15)19)21-6-5-14(23)9-21/h3-4,7-8,10,14,23H,2,5-6,9H2,1H3,(H,20,24)/t14-/m0/s1. The van der Waals surface area contributed by atoms with E-state index in [2.05, 4.69) is 4.98 Å². The molecule has 1 aliphatic rings. The van der Waals surface area contributed by atoms with Gasteiger partial charge in [0, 0.05) is 24.3 Å². The van der Waals surface area contributed by atoms with Gasteiger partial charge < -0.3 is 15.0 Å². The number of nitrogens with zero attached hydrogens (tertiary/aromatic N) is 1. The van der Waals surface area contributed by atoms with E-state index in [1.165, 1.54) is 12.1 Å². The van der Waals surface area contributed by atoms with Gasteiger partial charge in [-0.25, -0.2) is 4.39 Å². The van der Waals surface area contributed by atoms with E-state index in [1.807, 2.05) is 11.8 Å². The number of carbonyl (C=O) groups excluding carboxylic acids is 1. The third-order valence-electron chi connectivity index (χ3n) is 4.41. The molecule has 0 saturated carbocycles. The van der Waals surface area contributed by atoms with E-state index in [-0.39, 0.29) is 11.7 Å². The number of carbonyl (C=O) groups is 1. The Bertz CT molecular complexity index is 831. The second kappa shape index (κ2) is 6.57. The van der Waals surface area contributed by atoms with Crippen LogP contribution in [0.15, 0.2) is 29.1 Å². The summed E-state index contributed by atoms with van der Waals surface area (Å²) < 4.78 is 14.6. The Morgan fingerprint density at radius 3 is 2.79 bits per heavy atom. The number of H-pyrrole nitrogens is 1. The summed E-state index contributed by atoms with van der Waals surface area (Å²) in [4.78, 5) is 27.3. The third-order valence-corrected chi connectivity index (χ3v) is 4.41. The van der Waals surface area contributed by atoms with Crippen LogP contribution in [0.5, 0.6) is 0 Å². The average molecular weight is 330 g/mol. The Morgan fingerprint density at radius 2 is 2.21 bits per heavy atom. The number of rotatable bonds is 4. The molecule has 0 spiro atoms. The lowest BCUT2D eigenvalue weighted by Gasteiger charge is -2.19. The summed E-state index contributed by atoms with van der Waals surface area (Å²) in [6.07, 6.45) is 1.35. The predicted molar refractivity (Wildman–Crippen MR) is 90.1 cm³/mol. The zero-order valence-electron chi connectivity index (χ0n) is 13.4. The number of pyridine rings is 1. The van der Waals surface area contributed by atoms with Gasteiger partial charge in [0.2, 0.25) is 0 Å². The number of β-amino-alcohol motifs (C(OH)–C–C–N with tert-alkyl or cyclic N) is 1.